The lowest BCUT2D eigenvalue weighted by Crippen LogP contribution is -2.42. The van der Waals surface area contributed by atoms with Crippen LogP contribution >= 0.6 is 24.1 Å². The molecule has 1 aromatic heterocycles. The number of aromatic nitrogens is 2. The maximum atomic E-state index is 9.67. The predicted octanol–water partition coefficient (Wildman–Crippen LogP) is 1.40. The van der Waals surface area contributed by atoms with Crippen LogP contribution in [0.4, 0.5) is 0 Å². The van der Waals surface area contributed by atoms with E-state index in [0.717, 1.165) is 17.4 Å². The molecule has 17 heavy (non-hydrogen) atoms. The van der Waals surface area contributed by atoms with E-state index in [-0.39, 0.29) is 24.6 Å². The lowest BCUT2D eigenvalue weighted by atomic mass is 10.1. The molecule has 0 amide bonds. The van der Waals surface area contributed by atoms with E-state index >= 15 is 0 Å². The highest BCUT2D eigenvalue weighted by Crippen LogP contribution is 2.13. The molecule has 1 aromatic rings. The van der Waals surface area contributed by atoms with Gasteiger partial charge in [0.2, 0.25) is 5.88 Å². The largest absolute Gasteiger partial charge is 0.473 e. The lowest BCUT2D eigenvalue weighted by molar-refractivity contribution is 0.0978. The molecule has 1 heterocycles. The topological polar surface area (TPSA) is 67.3 Å². The van der Waals surface area contributed by atoms with E-state index in [1.54, 1.807) is 0 Å². The molecule has 1 unspecified atom stereocenters. The van der Waals surface area contributed by atoms with Crippen LogP contribution in [-0.2, 0) is 0 Å². The van der Waals surface area contributed by atoms with Gasteiger partial charge in [-0.2, -0.15) is 4.37 Å². The quantitative estimate of drug-likeness (QED) is 0.854. The van der Waals surface area contributed by atoms with Crippen molar-refractivity contribution in [1.82, 2.24) is 14.1 Å². The zero-order valence-corrected chi connectivity index (χ0v) is 12.2. The van der Waals surface area contributed by atoms with Crippen molar-refractivity contribution in [2.45, 2.75) is 39.3 Å². The van der Waals surface area contributed by atoms with Crippen LogP contribution in [0, 0.1) is 6.92 Å². The summed E-state index contributed by atoms with van der Waals surface area (Å²) in [5.41, 5.74) is 0.764. The van der Waals surface area contributed by atoms with Gasteiger partial charge in [-0.05, 0) is 27.7 Å². The Bertz CT molecular complexity index is 328. The van der Waals surface area contributed by atoms with Crippen LogP contribution in [-0.4, -0.2) is 38.6 Å². The van der Waals surface area contributed by atoms with E-state index < -0.39 is 6.10 Å². The molecule has 0 bridgehead atoms. The highest BCUT2D eigenvalue weighted by molar-refractivity contribution is 6.99. The number of nitrogens with zero attached hydrogens (tertiary/aromatic N) is 2. The number of aliphatic hydroxyl groups is 1. The second-order valence-corrected chi connectivity index (χ2v) is 5.28. The average molecular weight is 282 g/mol. The molecule has 0 aromatic carbocycles. The first-order chi connectivity index (χ1) is 7.38. The van der Waals surface area contributed by atoms with Crippen LogP contribution in [0.5, 0.6) is 5.88 Å². The summed E-state index contributed by atoms with van der Waals surface area (Å²) < 4.78 is 13.3. The summed E-state index contributed by atoms with van der Waals surface area (Å²) in [5.74, 6) is 0.514. The summed E-state index contributed by atoms with van der Waals surface area (Å²) in [6.07, 6.45) is -0.541. The fourth-order valence-electron chi connectivity index (χ4n) is 1.01. The van der Waals surface area contributed by atoms with E-state index in [1.165, 1.54) is 0 Å². The first kappa shape index (κ1) is 16.6. The molecule has 0 saturated heterocycles. The van der Waals surface area contributed by atoms with E-state index in [1.807, 2.05) is 6.92 Å². The van der Waals surface area contributed by atoms with Crippen LogP contribution in [0.1, 0.15) is 26.5 Å². The van der Waals surface area contributed by atoms with Crippen LogP contribution in [0.3, 0.4) is 0 Å². The summed E-state index contributed by atoms with van der Waals surface area (Å²) in [5, 5.41) is 12.9. The standard InChI is InChI=1S/C10H19N3O2S.ClH/c1-7-9(13-16-12-7)15-6-8(14)5-11-10(2,3)4;/h8,11,14H,5-6H2,1-4H3;1H. The van der Waals surface area contributed by atoms with Gasteiger partial charge in [-0.3, -0.25) is 0 Å². The highest BCUT2D eigenvalue weighted by Gasteiger charge is 2.13. The predicted molar refractivity (Wildman–Crippen MR) is 71.2 cm³/mol. The van der Waals surface area contributed by atoms with Crippen molar-refractivity contribution in [1.29, 1.82) is 0 Å². The van der Waals surface area contributed by atoms with Gasteiger partial charge >= 0.3 is 0 Å². The summed E-state index contributed by atoms with van der Waals surface area (Å²) in [4.78, 5) is 0. The van der Waals surface area contributed by atoms with Gasteiger partial charge in [0.05, 0.1) is 11.7 Å². The second-order valence-electron chi connectivity index (χ2n) is 4.75. The number of ether oxygens (including phenoxy) is 1. The van der Waals surface area contributed by atoms with Gasteiger partial charge in [-0.25, -0.2) is 0 Å². The van der Waals surface area contributed by atoms with Gasteiger partial charge in [0.25, 0.3) is 0 Å². The van der Waals surface area contributed by atoms with Gasteiger partial charge in [0.1, 0.15) is 18.4 Å². The molecule has 2 N–H and O–H groups in total. The van der Waals surface area contributed by atoms with E-state index in [4.69, 9.17) is 4.74 Å². The van der Waals surface area contributed by atoms with Crippen LogP contribution in [0.2, 0.25) is 0 Å². The molecule has 100 valence electrons. The SMILES string of the molecule is Cc1nsnc1OCC(O)CNC(C)(C)C.Cl. The molecule has 1 atom stereocenters. The molecule has 0 aliphatic heterocycles. The van der Waals surface area contributed by atoms with Crippen molar-refractivity contribution < 1.29 is 9.84 Å². The molecule has 7 heteroatoms. The van der Waals surface area contributed by atoms with Crippen molar-refractivity contribution >= 4 is 24.1 Å². The Kier molecular flexibility index (Phi) is 6.92. The Morgan fingerprint density at radius 2 is 2.06 bits per heavy atom. The first-order valence-corrected chi connectivity index (χ1v) is 5.96. The second kappa shape index (κ2) is 7.10. The Hall–Kier alpha value is -0.430. The molecule has 5 nitrogen and oxygen atoms in total. The monoisotopic (exact) mass is 281 g/mol. The van der Waals surface area contributed by atoms with Crippen molar-refractivity contribution in [3.63, 3.8) is 0 Å². The first-order valence-electron chi connectivity index (χ1n) is 5.23. The molecule has 0 aliphatic carbocycles. The normalized spacial score (nSPS) is 13.0. The number of β-amino-alcohol motifs (C(OH)–C–C–N with tert-alkyl or cyclic N) is 1. The molecule has 0 radical (unpaired) electrons. The van der Waals surface area contributed by atoms with Crippen molar-refractivity contribution in [3.8, 4) is 5.88 Å². The summed E-state index contributed by atoms with van der Waals surface area (Å²) in [7, 11) is 0. The number of rotatable bonds is 5. The molecular weight excluding hydrogens is 262 g/mol. The van der Waals surface area contributed by atoms with Crippen molar-refractivity contribution in [2.24, 2.45) is 0 Å². The van der Waals surface area contributed by atoms with Crippen molar-refractivity contribution in [2.75, 3.05) is 13.2 Å². The third-order valence-corrected chi connectivity index (χ3v) is 2.49. The Balaban J connectivity index is 0.00000256. The number of halogens is 1. The number of hydrogen-bond acceptors (Lipinski definition) is 6. The van der Waals surface area contributed by atoms with Gasteiger partial charge < -0.3 is 15.2 Å². The van der Waals surface area contributed by atoms with Crippen molar-refractivity contribution in [3.05, 3.63) is 5.69 Å². The number of aliphatic hydroxyl groups excluding tert-OH is 1. The Morgan fingerprint density at radius 3 is 2.53 bits per heavy atom. The summed E-state index contributed by atoms with van der Waals surface area (Å²) in [6.45, 7) is 8.72. The highest BCUT2D eigenvalue weighted by atomic mass is 35.5. The third-order valence-electron chi connectivity index (χ3n) is 1.89. The van der Waals surface area contributed by atoms with E-state index in [9.17, 15) is 5.11 Å². The maximum Gasteiger partial charge on any atom is 0.248 e. The third kappa shape index (κ3) is 6.78. The minimum Gasteiger partial charge on any atom is -0.473 e. The Labute approximate surface area is 112 Å². The fraction of sp³-hybridized carbons (Fsp3) is 0.800. The van der Waals surface area contributed by atoms with Crippen LogP contribution in [0.25, 0.3) is 0 Å². The minimum atomic E-state index is -0.541. The molecular formula is C10H20ClN3O2S. The smallest absolute Gasteiger partial charge is 0.248 e. The number of aryl methyl sites for hydroxylation is 1. The van der Waals surface area contributed by atoms with Gasteiger partial charge in [-0.1, -0.05) is 0 Å². The molecule has 0 aliphatic rings. The minimum absolute atomic E-state index is 0. The van der Waals surface area contributed by atoms with Crippen LogP contribution < -0.4 is 10.1 Å². The summed E-state index contributed by atoms with van der Waals surface area (Å²) in [6, 6.07) is 0. The van der Waals surface area contributed by atoms with E-state index in [2.05, 4.69) is 34.8 Å². The zero-order valence-electron chi connectivity index (χ0n) is 10.6. The molecule has 0 fully saturated rings. The zero-order chi connectivity index (χ0) is 12.2. The molecule has 1 rings (SSSR count). The number of nitrogens with one attached hydrogen (secondary N) is 1. The fourth-order valence-corrected chi connectivity index (χ4v) is 1.51. The Morgan fingerprint density at radius 1 is 1.41 bits per heavy atom. The summed E-state index contributed by atoms with van der Waals surface area (Å²) >= 11 is 1.11. The van der Waals surface area contributed by atoms with E-state index in [0.29, 0.717) is 12.4 Å². The molecule has 0 saturated carbocycles. The lowest BCUT2D eigenvalue weighted by Gasteiger charge is -2.22. The molecule has 0 spiro atoms. The number of hydrogen-bond donors (Lipinski definition) is 2. The van der Waals surface area contributed by atoms with Gasteiger partial charge in [0, 0.05) is 12.1 Å². The van der Waals surface area contributed by atoms with Crippen LogP contribution in [0.15, 0.2) is 0 Å². The maximum absolute atomic E-state index is 9.67. The van der Waals surface area contributed by atoms with Gasteiger partial charge in [-0.15, -0.1) is 16.8 Å². The average Bonchev–Trinajstić information content (AvgIpc) is 2.57. The van der Waals surface area contributed by atoms with Gasteiger partial charge in [0.15, 0.2) is 0 Å².